The summed E-state index contributed by atoms with van der Waals surface area (Å²) in [4.78, 5) is 26.0. The summed E-state index contributed by atoms with van der Waals surface area (Å²) >= 11 is 1.73. The Morgan fingerprint density at radius 1 is 1.43 bits per heavy atom. The van der Waals surface area contributed by atoms with Crippen LogP contribution in [0.15, 0.2) is 30.3 Å². The standard InChI is InChI=1S/C16H20N2O2S/c1-16-9-7-14(19)18(16)13(11-21-16)15(20)17-10-8-12-5-3-2-4-6-12/h2-6,13H,7-11H2,1H3,(H,17,20)/t13-,16-/m0/s1. The quantitative estimate of drug-likeness (QED) is 0.923. The van der Waals surface area contributed by atoms with Crippen molar-refractivity contribution in [3.63, 3.8) is 0 Å². The van der Waals surface area contributed by atoms with Gasteiger partial charge in [0.25, 0.3) is 0 Å². The maximum Gasteiger partial charge on any atom is 0.243 e. The van der Waals surface area contributed by atoms with Gasteiger partial charge in [0.15, 0.2) is 0 Å². The molecule has 2 aliphatic rings. The molecular weight excluding hydrogens is 284 g/mol. The molecule has 2 fully saturated rings. The average Bonchev–Trinajstić information content (AvgIpc) is 2.97. The van der Waals surface area contributed by atoms with E-state index >= 15 is 0 Å². The average molecular weight is 304 g/mol. The molecule has 3 rings (SSSR count). The highest BCUT2D eigenvalue weighted by Gasteiger charge is 2.52. The maximum atomic E-state index is 12.3. The van der Waals surface area contributed by atoms with Gasteiger partial charge >= 0.3 is 0 Å². The molecule has 112 valence electrons. The number of benzene rings is 1. The van der Waals surface area contributed by atoms with Gasteiger partial charge in [-0.05, 0) is 25.3 Å². The van der Waals surface area contributed by atoms with Crippen molar-refractivity contribution in [1.82, 2.24) is 10.2 Å². The van der Waals surface area contributed by atoms with Gasteiger partial charge in [0, 0.05) is 18.7 Å². The van der Waals surface area contributed by atoms with E-state index in [1.165, 1.54) is 5.56 Å². The molecule has 0 spiro atoms. The Balaban J connectivity index is 1.55. The second-order valence-corrected chi connectivity index (χ2v) is 7.29. The lowest BCUT2D eigenvalue weighted by Crippen LogP contribution is -2.50. The number of hydrogen-bond acceptors (Lipinski definition) is 3. The van der Waals surface area contributed by atoms with Crippen molar-refractivity contribution in [3.8, 4) is 0 Å². The summed E-state index contributed by atoms with van der Waals surface area (Å²) in [7, 11) is 0. The number of carbonyl (C=O) groups excluding carboxylic acids is 2. The third-order valence-corrected chi connectivity index (χ3v) is 5.81. The summed E-state index contributed by atoms with van der Waals surface area (Å²) < 4.78 is 0. The second-order valence-electron chi connectivity index (χ2n) is 5.79. The smallest absolute Gasteiger partial charge is 0.243 e. The van der Waals surface area contributed by atoms with Crippen LogP contribution >= 0.6 is 11.8 Å². The molecule has 0 aromatic heterocycles. The predicted octanol–water partition coefficient (Wildman–Crippen LogP) is 1.80. The topological polar surface area (TPSA) is 49.4 Å². The highest BCUT2D eigenvalue weighted by atomic mass is 32.2. The summed E-state index contributed by atoms with van der Waals surface area (Å²) in [5.41, 5.74) is 1.21. The van der Waals surface area contributed by atoms with Crippen LogP contribution in [-0.2, 0) is 16.0 Å². The number of nitrogens with one attached hydrogen (secondary N) is 1. The van der Waals surface area contributed by atoms with Gasteiger partial charge < -0.3 is 10.2 Å². The largest absolute Gasteiger partial charge is 0.354 e. The molecule has 4 nitrogen and oxygen atoms in total. The van der Waals surface area contributed by atoms with Crippen molar-refractivity contribution in [2.24, 2.45) is 0 Å². The molecule has 2 aliphatic heterocycles. The first-order chi connectivity index (χ1) is 10.1. The molecule has 1 N–H and O–H groups in total. The summed E-state index contributed by atoms with van der Waals surface area (Å²) in [5, 5.41) is 2.98. The number of thioether (sulfide) groups is 1. The predicted molar refractivity (Wildman–Crippen MR) is 83.9 cm³/mol. The number of fused-ring (bicyclic) bond motifs is 1. The van der Waals surface area contributed by atoms with Gasteiger partial charge in [0.1, 0.15) is 6.04 Å². The third-order valence-electron chi connectivity index (χ3n) is 4.30. The molecule has 0 bridgehead atoms. The molecule has 0 aliphatic carbocycles. The van der Waals surface area contributed by atoms with Gasteiger partial charge in [-0.1, -0.05) is 30.3 Å². The van der Waals surface area contributed by atoms with Crippen molar-refractivity contribution >= 4 is 23.6 Å². The van der Waals surface area contributed by atoms with Crippen molar-refractivity contribution in [1.29, 1.82) is 0 Å². The summed E-state index contributed by atoms with van der Waals surface area (Å²) in [6, 6.07) is 9.79. The Morgan fingerprint density at radius 2 is 2.19 bits per heavy atom. The number of rotatable bonds is 4. The zero-order valence-corrected chi connectivity index (χ0v) is 13.0. The van der Waals surface area contributed by atoms with E-state index in [1.54, 1.807) is 16.7 Å². The van der Waals surface area contributed by atoms with Gasteiger partial charge in [-0.3, -0.25) is 9.59 Å². The first kappa shape index (κ1) is 14.4. The van der Waals surface area contributed by atoms with E-state index < -0.39 is 0 Å². The summed E-state index contributed by atoms with van der Waals surface area (Å²) in [6.07, 6.45) is 2.24. The van der Waals surface area contributed by atoms with Crippen molar-refractivity contribution in [2.45, 2.75) is 37.1 Å². The van der Waals surface area contributed by atoms with Crippen LogP contribution in [0.3, 0.4) is 0 Å². The highest BCUT2D eigenvalue weighted by Crippen LogP contribution is 2.47. The van der Waals surface area contributed by atoms with Gasteiger partial charge in [-0.25, -0.2) is 0 Å². The molecule has 5 heteroatoms. The molecule has 0 radical (unpaired) electrons. The second kappa shape index (κ2) is 5.72. The van der Waals surface area contributed by atoms with E-state index in [0.29, 0.717) is 18.7 Å². The molecular formula is C16H20N2O2S. The van der Waals surface area contributed by atoms with Crippen LogP contribution in [-0.4, -0.2) is 39.9 Å². The number of carbonyl (C=O) groups is 2. The highest BCUT2D eigenvalue weighted by molar-refractivity contribution is 8.01. The molecule has 1 aromatic rings. The molecule has 1 aromatic carbocycles. The van der Waals surface area contributed by atoms with Crippen LogP contribution in [0, 0.1) is 0 Å². The Kier molecular flexibility index (Phi) is 3.93. The van der Waals surface area contributed by atoms with E-state index in [1.807, 2.05) is 18.2 Å². The molecule has 2 amide bonds. The van der Waals surface area contributed by atoms with Gasteiger partial charge in [-0.2, -0.15) is 0 Å². The Labute approximate surface area is 129 Å². The van der Waals surface area contributed by atoms with Crippen LogP contribution in [0.5, 0.6) is 0 Å². The Hall–Kier alpha value is -1.49. The van der Waals surface area contributed by atoms with E-state index in [4.69, 9.17) is 0 Å². The molecule has 2 atom stereocenters. The van der Waals surface area contributed by atoms with Crippen LogP contribution in [0.25, 0.3) is 0 Å². The van der Waals surface area contributed by atoms with E-state index in [-0.39, 0.29) is 22.7 Å². The lowest BCUT2D eigenvalue weighted by molar-refractivity contribution is -0.137. The number of nitrogens with zero attached hydrogens (tertiary/aromatic N) is 1. The SMILES string of the molecule is C[C@]12CCC(=O)N1[C@H](C(=O)NCCc1ccccc1)CS2. The Morgan fingerprint density at radius 3 is 2.95 bits per heavy atom. The minimum Gasteiger partial charge on any atom is -0.354 e. The van der Waals surface area contributed by atoms with E-state index in [9.17, 15) is 9.59 Å². The zero-order chi connectivity index (χ0) is 14.9. The first-order valence-electron chi connectivity index (χ1n) is 7.38. The molecule has 2 heterocycles. The fourth-order valence-electron chi connectivity index (χ4n) is 3.11. The zero-order valence-electron chi connectivity index (χ0n) is 12.2. The summed E-state index contributed by atoms with van der Waals surface area (Å²) in [5.74, 6) is 0.808. The van der Waals surface area contributed by atoms with Crippen LogP contribution in [0.1, 0.15) is 25.3 Å². The monoisotopic (exact) mass is 304 g/mol. The fourth-order valence-corrected chi connectivity index (χ4v) is 4.54. The van der Waals surface area contributed by atoms with Crippen LogP contribution in [0.4, 0.5) is 0 Å². The van der Waals surface area contributed by atoms with Crippen LogP contribution < -0.4 is 5.32 Å². The van der Waals surface area contributed by atoms with Crippen molar-refractivity contribution in [2.75, 3.05) is 12.3 Å². The van der Waals surface area contributed by atoms with Gasteiger partial charge in [0.2, 0.25) is 11.8 Å². The van der Waals surface area contributed by atoms with E-state index in [2.05, 4.69) is 24.4 Å². The number of amides is 2. The lowest BCUT2D eigenvalue weighted by Gasteiger charge is -2.29. The third kappa shape index (κ3) is 2.79. The molecule has 0 saturated carbocycles. The normalized spacial score (nSPS) is 27.8. The number of hydrogen-bond donors (Lipinski definition) is 1. The van der Waals surface area contributed by atoms with Crippen molar-refractivity contribution < 1.29 is 9.59 Å². The first-order valence-corrected chi connectivity index (χ1v) is 8.36. The van der Waals surface area contributed by atoms with Gasteiger partial charge in [-0.15, -0.1) is 11.8 Å². The maximum absolute atomic E-state index is 12.3. The van der Waals surface area contributed by atoms with E-state index in [0.717, 1.165) is 12.8 Å². The lowest BCUT2D eigenvalue weighted by atomic mass is 10.1. The van der Waals surface area contributed by atoms with Crippen molar-refractivity contribution in [3.05, 3.63) is 35.9 Å². The Bertz CT molecular complexity index is 548. The minimum atomic E-state index is -0.300. The fraction of sp³-hybridized carbons (Fsp3) is 0.500. The van der Waals surface area contributed by atoms with Gasteiger partial charge in [0.05, 0.1) is 4.87 Å². The minimum absolute atomic E-state index is 0.0163. The summed E-state index contributed by atoms with van der Waals surface area (Å²) in [6.45, 7) is 2.68. The van der Waals surface area contributed by atoms with Crippen LogP contribution in [0.2, 0.25) is 0 Å². The molecule has 2 saturated heterocycles. The molecule has 21 heavy (non-hydrogen) atoms. The molecule has 0 unspecified atom stereocenters.